The van der Waals surface area contributed by atoms with E-state index in [0.717, 1.165) is 32.8 Å². The van der Waals surface area contributed by atoms with Gasteiger partial charge in [-0.05, 0) is 51.6 Å². The molecule has 2 atom stereocenters. The van der Waals surface area contributed by atoms with E-state index in [4.69, 9.17) is 9.47 Å². The number of aromatic nitrogens is 2. The summed E-state index contributed by atoms with van der Waals surface area (Å²) in [4.78, 5) is 39.3. The highest BCUT2D eigenvalue weighted by Gasteiger charge is 2.31. The number of pyridine rings is 2. The van der Waals surface area contributed by atoms with Gasteiger partial charge in [0.25, 0.3) is 5.91 Å². The van der Waals surface area contributed by atoms with Crippen molar-refractivity contribution in [2.24, 2.45) is 0 Å². The number of carbonyl (C=O) groups is 2. The zero-order valence-corrected chi connectivity index (χ0v) is 28.3. The van der Waals surface area contributed by atoms with Crippen molar-refractivity contribution in [3.05, 3.63) is 102 Å². The highest BCUT2D eigenvalue weighted by atomic mass is 19.3. The Bertz CT molecular complexity index is 2090. The van der Waals surface area contributed by atoms with Gasteiger partial charge in [0.15, 0.2) is 0 Å². The van der Waals surface area contributed by atoms with Gasteiger partial charge < -0.3 is 24.8 Å². The molecule has 7 rings (SSSR count). The van der Waals surface area contributed by atoms with Crippen LogP contribution >= 0.6 is 0 Å². The second-order valence-corrected chi connectivity index (χ2v) is 13.0. The van der Waals surface area contributed by atoms with Crippen LogP contribution in [0.1, 0.15) is 27.9 Å². The second kappa shape index (κ2) is 15.6. The third-order valence-electron chi connectivity index (χ3n) is 9.75. The van der Waals surface area contributed by atoms with Crippen LogP contribution in [-0.4, -0.2) is 96.4 Å². The second-order valence-electron chi connectivity index (χ2n) is 13.0. The highest BCUT2D eigenvalue weighted by molar-refractivity contribution is 6.04. The Morgan fingerprint density at radius 2 is 1.69 bits per heavy atom. The Kier molecular flexibility index (Phi) is 10.6. The van der Waals surface area contributed by atoms with E-state index in [1.54, 1.807) is 29.6 Å². The fourth-order valence-corrected chi connectivity index (χ4v) is 7.22. The smallest absolute Gasteiger partial charge is 0.326 e. The number of halogens is 3. The minimum atomic E-state index is -2.58. The lowest BCUT2D eigenvalue weighted by atomic mass is 9.93. The molecule has 4 heterocycles. The van der Waals surface area contributed by atoms with Crippen molar-refractivity contribution in [2.75, 3.05) is 51.0 Å². The summed E-state index contributed by atoms with van der Waals surface area (Å²) in [5.74, 6) is -3.02. The van der Waals surface area contributed by atoms with Gasteiger partial charge in [-0.1, -0.05) is 36.4 Å². The zero-order chi connectivity index (χ0) is 36.2. The number of ether oxygens (including phenoxy) is 2. The van der Waals surface area contributed by atoms with Crippen molar-refractivity contribution in [1.29, 1.82) is 0 Å². The van der Waals surface area contributed by atoms with E-state index in [-0.39, 0.29) is 38.3 Å². The molecule has 2 aliphatic heterocycles. The molecule has 2 aromatic heterocycles. The lowest BCUT2D eigenvalue weighted by Gasteiger charge is -2.38. The predicted octanol–water partition coefficient (Wildman–Crippen LogP) is 5.71. The zero-order valence-electron chi connectivity index (χ0n) is 28.3. The lowest BCUT2D eigenvalue weighted by Crippen LogP contribution is -2.47. The summed E-state index contributed by atoms with van der Waals surface area (Å²) >= 11 is 0. The molecule has 2 saturated heterocycles. The van der Waals surface area contributed by atoms with Gasteiger partial charge in [-0.2, -0.15) is 0 Å². The highest BCUT2D eigenvalue weighted by Crippen LogP contribution is 2.34. The van der Waals surface area contributed by atoms with Crippen molar-refractivity contribution < 1.29 is 37.3 Å². The van der Waals surface area contributed by atoms with Gasteiger partial charge in [0.2, 0.25) is 6.43 Å². The summed E-state index contributed by atoms with van der Waals surface area (Å²) in [7, 11) is 0. The normalized spacial score (nSPS) is 17.5. The first-order valence-corrected chi connectivity index (χ1v) is 17.2. The molecule has 1 amide bonds. The molecule has 0 bridgehead atoms. The number of carboxylic acid groups (broad SMARTS) is 1. The first-order chi connectivity index (χ1) is 25.3. The number of morpholine rings is 2. The van der Waals surface area contributed by atoms with Gasteiger partial charge >= 0.3 is 5.97 Å². The van der Waals surface area contributed by atoms with Crippen molar-refractivity contribution in [2.45, 2.75) is 37.9 Å². The van der Waals surface area contributed by atoms with Crippen LogP contribution in [0.25, 0.3) is 32.8 Å². The Morgan fingerprint density at radius 3 is 2.50 bits per heavy atom. The molecule has 270 valence electrons. The summed E-state index contributed by atoms with van der Waals surface area (Å²) in [6.07, 6.45) is 2.11. The van der Waals surface area contributed by atoms with E-state index >= 15 is 4.39 Å². The number of fused-ring (bicyclic) bond motifs is 2. The Morgan fingerprint density at radius 1 is 0.923 bits per heavy atom. The molecule has 0 spiro atoms. The van der Waals surface area contributed by atoms with E-state index in [1.165, 1.54) is 6.07 Å². The fourth-order valence-electron chi connectivity index (χ4n) is 7.22. The maximum absolute atomic E-state index is 16.2. The number of amides is 1. The van der Waals surface area contributed by atoms with Crippen molar-refractivity contribution in [3.63, 3.8) is 0 Å². The quantitative estimate of drug-likeness (QED) is 0.178. The van der Waals surface area contributed by atoms with Gasteiger partial charge in [-0.15, -0.1) is 0 Å². The van der Waals surface area contributed by atoms with Crippen LogP contribution in [0.5, 0.6) is 0 Å². The van der Waals surface area contributed by atoms with Crippen LogP contribution in [0, 0.1) is 5.82 Å². The van der Waals surface area contributed by atoms with Gasteiger partial charge in [0.05, 0.1) is 43.7 Å². The molecular weight excluding hydrogens is 675 g/mol. The number of carbonyl (C=O) groups excluding carboxylic acids is 1. The average Bonchev–Trinajstić information content (AvgIpc) is 3.14. The van der Waals surface area contributed by atoms with Gasteiger partial charge in [-0.25, -0.2) is 18.0 Å². The van der Waals surface area contributed by atoms with Gasteiger partial charge in [-0.3, -0.25) is 19.7 Å². The molecule has 0 unspecified atom stereocenters. The van der Waals surface area contributed by atoms with Gasteiger partial charge in [0, 0.05) is 74.2 Å². The summed E-state index contributed by atoms with van der Waals surface area (Å²) in [6.45, 7) is 2.83. The van der Waals surface area contributed by atoms with E-state index in [2.05, 4.69) is 15.3 Å². The fraction of sp³-hybridized carbons (Fsp3) is 0.333. The van der Waals surface area contributed by atoms with Crippen LogP contribution in [0.3, 0.4) is 0 Å². The maximum Gasteiger partial charge on any atom is 0.326 e. The van der Waals surface area contributed by atoms with E-state index < -0.39 is 42.6 Å². The summed E-state index contributed by atoms with van der Waals surface area (Å²) in [5, 5.41) is 16.4. The van der Waals surface area contributed by atoms with Crippen LogP contribution in [0.15, 0.2) is 79.3 Å². The number of benzene rings is 3. The molecule has 2 aliphatic rings. The molecule has 0 saturated carbocycles. The van der Waals surface area contributed by atoms with Crippen LogP contribution in [0.4, 0.5) is 18.9 Å². The number of rotatable bonds is 11. The first-order valence-electron chi connectivity index (χ1n) is 17.2. The Balaban J connectivity index is 1.20. The standard InChI is InChI=1S/C39H38F3N5O5/c40-33-19-27(47-13-16-52-23-28(47)20-35(41)42)17-26(22-46-11-14-51-15-12-46)36(33)38(48)45-34(39(49)50)18-25-3-1-5-30-29(25)4-2-6-31(30)37-32-21-43-9-7-24(32)8-10-44-37/h1-10,17,19,21,28,34-35H,11-16,18,20,22-23H2,(H,45,48)(H,49,50)/t28-,34+/m1/s1. The van der Waals surface area contributed by atoms with Crippen LogP contribution < -0.4 is 10.2 Å². The first kappa shape index (κ1) is 35.3. The Hall–Kier alpha value is -5.11. The topological polar surface area (TPSA) is 117 Å². The molecule has 0 radical (unpaired) electrons. The third-order valence-corrected chi connectivity index (χ3v) is 9.75. The summed E-state index contributed by atoms with van der Waals surface area (Å²) in [5.41, 5.74) is 2.67. The molecule has 2 N–H and O–H groups in total. The molecule has 52 heavy (non-hydrogen) atoms. The van der Waals surface area contributed by atoms with E-state index in [9.17, 15) is 23.5 Å². The largest absolute Gasteiger partial charge is 0.480 e. The van der Waals surface area contributed by atoms with E-state index in [0.29, 0.717) is 43.1 Å². The number of nitrogens with zero attached hydrogens (tertiary/aromatic N) is 4. The number of alkyl halides is 2. The van der Waals surface area contributed by atoms with Gasteiger partial charge in [0.1, 0.15) is 11.9 Å². The monoisotopic (exact) mass is 713 g/mol. The minimum Gasteiger partial charge on any atom is -0.480 e. The number of hydrogen-bond acceptors (Lipinski definition) is 8. The lowest BCUT2D eigenvalue weighted by molar-refractivity contribution is -0.139. The summed E-state index contributed by atoms with van der Waals surface area (Å²) in [6, 6.07) is 15.9. The average molecular weight is 714 g/mol. The van der Waals surface area contributed by atoms with Crippen LogP contribution in [-0.2, 0) is 27.2 Å². The number of hydrogen-bond donors (Lipinski definition) is 2. The SMILES string of the molecule is O=C(N[C@@H](Cc1cccc2c(-c3nccc4ccncc34)cccc12)C(=O)O)c1c(F)cc(N2CCOC[C@H]2CC(F)F)cc1CN1CCOCC1. The molecule has 10 nitrogen and oxygen atoms in total. The van der Waals surface area contributed by atoms with Crippen molar-refractivity contribution in [3.8, 4) is 11.3 Å². The molecule has 2 fully saturated rings. The maximum atomic E-state index is 16.2. The number of carboxylic acids is 1. The number of aliphatic carboxylic acids is 1. The Labute approximate surface area is 298 Å². The van der Waals surface area contributed by atoms with E-state index in [1.807, 2.05) is 53.4 Å². The number of anilines is 1. The molecule has 13 heteroatoms. The van der Waals surface area contributed by atoms with Crippen molar-refractivity contribution >= 4 is 39.1 Å². The molecular formula is C39H38F3N5O5. The van der Waals surface area contributed by atoms with Crippen molar-refractivity contribution in [1.82, 2.24) is 20.2 Å². The molecule has 0 aliphatic carbocycles. The van der Waals surface area contributed by atoms with Crippen LogP contribution in [0.2, 0.25) is 0 Å². The minimum absolute atomic E-state index is 0.0681. The number of nitrogens with one attached hydrogen (secondary N) is 1. The summed E-state index contributed by atoms with van der Waals surface area (Å²) < 4.78 is 54.0. The molecule has 5 aromatic rings. The molecule has 3 aromatic carbocycles. The third kappa shape index (κ3) is 7.57. The predicted molar refractivity (Wildman–Crippen MR) is 190 cm³/mol.